The van der Waals surface area contributed by atoms with E-state index in [9.17, 15) is 9.59 Å². The van der Waals surface area contributed by atoms with Crippen LogP contribution >= 0.6 is 12.2 Å². The first-order valence-electron chi connectivity index (χ1n) is 2.93. The van der Waals surface area contributed by atoms with Crippen molar-refractivity contribution < 1.29 is 14.7 Å². The molecule has 1 amide bonds. The average molecular weight is 174 g/mol. The van der Waals surface area contributed by atoms with E-state index in [0.29, 0.717) is 0 Å². The van der Waals surface area contributed by atoms with Gasteiger partial charge in [0, 0.05) is 0 Å². The quantitative estimate of drug-likeness (QED) is 0.437. The van der Waals surface area contributed by atoms with Crippen molar-refractivity contribution in [1.82, 2.24) is 10.6 Å². The minimum absolute atomic E-state index is 0.0739. The zero-order valence-electron chi connectivity index (χ0n) is 5.46. The zero-order valence-corrected chi connectivity index (χ0v) is 6.27. The van der Waals surface area contributed by atoms with E-state index in [0.717, 1.165) is 0 Å². The van der Waals surface area contributed by atoms with Gasteiger partial charge < -0.3 is 15.7 Å². The molecule has 1 aliphatic rings. The van der Waals surface area contributed by atoms with Gasteiger partial charge in [0.2, 0.25) is 5.91 Å². The Morgan fingerprint density at radius 1 is 1.73 bits per heavy atom. The van der Waals surface area contributed by atoms with Crippen LogP contribution in [0.2, 0.25) is 0 Å². The SMILES string of the molecule is O=C1C[C@H](C(=O)O)NC(=S)N1. The van der Waals surface area contributed by atoms with Crippen molar-refractivity contribution in [1.29, 1.82) is 0 Å². The van der Waals surface area contributed by atoms with Gasteiger partial charge in [-0.15, -0.1) is 0 Å². The van der Waals surface area contributed by atoms with Gasteiger partial charge in [0.15, 0.2) is 5.11 Å². The Bertz CT molecular complexity index is 212. The maximum Gasteiger partial charge on any atom is 0.326 e. The highest BCUT2D eigenvalue weighted by Crippen LogP contribution is 1.97. The molecule has 1 aliphatic heterocycles. The standard InChI is InChI=1S/C5H6N2O3S/c8-3-1-2(4(9)10)6-5(11)7-3/h2H,1H2,(H,9,10)(H2,6,7,8,11)/t2-/m1/s1. The van der Waals surface area contributed by atoms with E-state index in [4.69, 9.17) is 5.11 Å². The smallest absolute Gasteiger partial charge is 0.326 e. The molecule has 60 valence electrons. The normalized spacial score (nSPS) is 23.8. The summed E-state index contributed by atoms with van der Waals surface area (Å²) in [6, 6.07) is -0.878. The van der Waals surface area contributed by atoms with Crippen LogP contribution < -0.4 is 10.6 Å². The number of carboxylic acids is 1. The van der Waals surface area contributed by atoms with E-state index < -0.39 is 12.0 Å². The summed E-state index contributed by atoms with van der Waals surface area (Å²) < 4.78 is 0. The van der Waals surface area contributed by atoms with Gasteiger partial charge >= 0.3 is 5.97 Å². The monoisotopic (exact) mass is 174 g/mol. The van der Waals surface area contributed by atoms with Crippen LogP contribution in [0, 0.1) is 0 Å². The summed E-state index contributed by atoms with van der Waals surface area (Å²) in [5.74, 6) is -1.43. The first-order chi connectivity index (χ1) is 5.09. The molecule has 0 aromatic rings. The highest BCUT2D eigenvalue weighted by atomic mass is 32.1. The highest BCUT2D eigenvalue weighted by molar-refractivity contribution is 7.80. The molecule has 3 N–H and O–H groups in total. The van der Waals surface area contributed by atoms with Crippen LogP contribution in [0.1, 0.15) is 6.42 Å². The Labute approximate surface area is 67.8 Å². The van der Waals surface area contributed by atoms with Gasteiger partial charge in [-0.25, -0.2) is 4.79 Å². The van der Waals surface area contributed by atoms with E-state index in [1.54, 1.807) is 0 Å². The van der Waals surface area contributed by atoms with Crippen LogP contribution in [0.15, 0.2) is 0 Å². The van der Waals surface area contributed by atoms with E-state index >= 15 is 0 Å². The molecular formula is C5H6N2O3S. The number of aliphatic carboxylic acids is 1. The molecular weight excluding hydrogens is 168 g/mol. The van der Waals surface area contributed by atoms with Crippen molar-refractivity contribution in [3.05, 3.63) is 0 Å². The Hall–Kier alpha value is -1.17. The molecule has 6 heteroatoms. The van der Waals surface area contributed by atoms with Crippen LogP contribution in [0.5, 0.6) is 0 Å². The summed E-state index contributed by atoms with van der Waals surface area (Å²) in [5, 5.41) is 13.3. The predicted octanol–water partition coefficient (Wildman–Crippen LogP) is -1.17. The van der Waals surface area contributed by atoms with Gasteiger partial charge in [-0.3, -0.25) is 4.79 Å². The van der Waals surface area contributed by atoms with Crippen molar-refractivity contribution in [3.8, 4) is 0 Å². The lowest BCUT2D eigenvalue weighted by molar-refractivity contribution is -0.141. The molecule has 0 saturated carbocycles. The summed E-state index contributed by atoms with van der Waals surface area (Å²) in [6.45, 7) is 0. The van der Waals surface area contributed by atoms with Crippen molar-refractivity contribution in [2.24, 2.45) is 0 Å². The first-order valence-corrected chi connectivity index (χ1v) is 3.33. The molecule has 0 bridgehead atoms. The van der Waals surface area contributed by atoms with Gasteiger partial charge in [-0.05, 0) is 12.2 Å². The molecule has 1 fully saturated rings. The Morgan fingerprint density at radius 3 is 2.82 bits per heavy atom. The molecule has 5 nitrogen and oxygen atoms in total. The maximum atomic E-state index is 10.7. The van der Waals surface area contributed by atoms with E-state index in [1.807, 2.05) is 0 Å². The lowest BCUT2D eigenvalue weighted by Gasteiger charge is -2.21. The molecule has 11 heavy (non-hydrogen) atoms. The third-order valence-electron chi connectivity index (χ3n) is 1.25. The van der Waals surface area contributed by atoms with Gasteiger partial charge in [0.25, 0.3) is 0 Å². The Morgan fingerprint density at radius 2 is 2.36 bits per heavy atom. The van der Waals surface area contributed by atoms with Crippen LogP contribution in [-0.2, 0) is 9.59 Å². The molecule has 0 spiro atoms. The number of carboxylic acid groups (broad SMARTS) is 1. The fourth-order valence-corrected chi connectivity index (χ4v) is 1.01. The van der Waals surface area contributed by atoms with E-state index in [-0.39, 0.29) is 17.4 Å². The minimum atomic E-state index is -1.07. The lowest BCUT2D eigenvalue weighted by atomic mass is 10.2. The summed E-state index contributed by atoms with van der Waals surface area (Å²) in [6.07, 6.45) is -0.0739. The zero-order chi connectivity index (χ0) is 8.43. The fraction of sp³-hybridized carbons (Fsp3) is 0.400. The number of carbonyl (C=O) groups excluding carboxylic acids is 1. The molecule has 0 aliphatic carbocycles. The second kappa shape index (κ2) is 2.83. The van der Waals surface area contributed by atoms with Crippen molar-refractivity contribution in [3.63, 3.8) is 0 Å². The molecule has 0 aromatic carbocycles. The van der Waals surface area contributed by atoms with E-state index in [2.05, 4.69) is 22.9 Å². The van der Waals surface area contributed by atoms with Crippen LogP contribution in [0.3, 0.4) is 0 Å². The van der Waals surface area contributed by atoms with Crippen LogP contribution in [0.4, 0.5) is 0 Å². The number of thiocarbonyl (C=S) groups is 1. The second-order valence-corrected chi connectivity index (χ2v) is 2.52. The Kier molecular flexibility index (Phi) is 2.04. The summed E-state index contributed by atoms with van der Waals surface area (Å²) >= 11 is 4.57. The number of rotatable bonds is 1. The molecule has 1 saturated heterocycles. The molecule has 0 unspecified atom stereocenters. The third-order valence-corrected chi connectivity index (χ3v) is 1.47. The molecule has 1 heterocycles. The summed E-state index contributed by atoms with van der Waals surface area (Å²) in [5.41, 5.74) is 0. The summed E-state index contributed by atoms with van der Waals surface area (Å²) in [4.78, 5) is 21.0. The predicted molar refractivity (Wildman–Crippen MR) is 39.9 cm³/mol. The van der Waals surface area contributed by atoms with Crippen LogP contribution in [0.25, 0.3) is 0 Å². The van der Waals surface area contributed by atoms with Crippen molar-refractivity contribution in [2.75, 3.05) is 0 Å². The van der Waals surface area contributed by atoms with Crippen molar-refractivity contribution >= 4 is 29.2 Å². The molecule has 0 radical (unpaired) electrons. The Balaban J connectivity index is 2.63. The number of nitrogens with one attached hydrogen (secondary N) is 2. The second-order valence-electron chi connectivity index (χ2n) is 2.12. The van der Waals surface area contributed by atoms with Crippen LogP contribution in [-0.4, -0.2) is 28.1 Å². The minimum Gasteiger partial charge on any atom is -0.480 e. The van der Waals surface area contributed by atoms with Crippen molar-refractivity contribution in [2.45, 2.75) is 12.5 Å². The number of amides is 1. The largest absolute Gasteiger partial charge is 0.480 e. The maximum absolute atomic E-state index is 10.7. The molecule has 1 atom stereocenters. The number of hydrogen-bond acceptors (Lipinski definition) is 3. The van der Waals surface area contributed by atoms with Gasteiger partial charge in [0.05, 0.1) is 6.42 Å². The fourth-order valence-electron chi connectivity index (χ4n) is 0.757. The lowest BCUT2D eigenvalue weighted by Crippen LogP contribution is -2.54. The van der Waals surface area contributed by atoms with Gasteiger partial charge in [-0.1, -0.05) is 0 Å². The third kappa shape index (κ3) is 1.87. The first kappa shape index (κ1) is 7.93. The number of carbonyl (C=O) groups is 2. The average Bonchev–Trinajstić information content (AvgIpc) is 1.85. The highest BCUT2D eigenvalue weighted by Gasteiger charge is 2.26. The summed E-state index contributed by atoms with van der Waals surface area (Å²) in [7, 11) is 0. The molecule has 0 aromatic heterocycles. The number of hydrogen-bond donors (Lipinski definition) is 3. The molecule has 1 rings (SSSR count). The topological polar surface area (TPSA) is 78.4 Å². The van der Waals surface area contributed by atoms with E-state index in [1.165, 1.54) is 0 Å². The van der Waals surface area contributed by atoms with Gasteiger partial charge in [0.1, 0.15) is 6.04 Å². The van der Waals surface area contributed by atoms with Gasteiger partial charge in [-0.2, -0.15) is 0 Å².